The van der Waals surface area contributed by atoms with Gasteiger partial charge in [-0.2, -0.15) is 0 Å². The van der Waals surface area contributed by atoms with Gasteiger partial charge in [0.15, 0.2) is 0 Å². The van der Waals surface area contributed by atoms with E-state index in [0.29, 0.717) is 11.1 Å². The van der Waals surface area contributed by atoms with E-state index in [-0.39, 0.29) is 11.8 Å². The third-order valence-electron chi connectivity index (χ3n) is 3.79. The van der Waals surface area contributed by atoms with Gasteiger partial charge in [-0.1, -0.05) is 64.1 Å². The van der Waals surface area contributed by atoms with Crippen LogP contribution in [0.1, 0.15) is 71.4 Å². The average Bonchev–Trinajstić information content (AvgIpc) is 2.54. The van der Waals surface area contributed by atoms with Crippen molar-refractivity contribution in [3.05, 3.63) is 70.8 Å². The van der Waals surface area contributed by atoms with Crippen molar-refractivity contribution in [1.29, 1.82) is 0 Å². The lowest BCUT2D eigenvalue weighted by Gasteiger charge is -2.13. The van der Waals surface area contributed by atoms with Gasteiger partial charge >= 0.3 is 11.9 Å². The fourth-order valence-electron chi connectivity index (χ4n) is 2.57. The van der Waals surface area contributed by atoms with Crippen molar-refractivity contribution in [3.8, 4) is 0 Å². The summed E-state index contributed by atoms with van der Waals surface area (Å²) in [6.07, 6.45) is 0. The summed E-state index contributed by atoms with van der Waals surface area (Å²) in [5, 5.41) is 0. The standard InChI is InChI=1S/C20H22O3/c1-13(2)15-9-5-7-11-17(15)19(21)23-20(22)18-12-8-6-10-16(18)14(3)4/h5-14H,1-4H3. The molecule has 3 nitrogen and oxygen atoms in total. The second-order valence-electron chi connectivity index (χ2n) is 6.16. The van der Waals surface area contributed by atoms with E-state index < -0.39 is 11.9 Å². The second kappa shape index (κ2) is 7.23. The second-order valence-corrected chi connectivity index (χ2v) is 6.16. The van der Waals surface area contributed by atoms with Crippen molar-refractivity contribution in [1.82, 2.24) is 0 Å². The Balaban J connectivity index is 2.27. The molecular formula is C20H22O3. The Hall–Kier alpha value is -2.42. The zero-order chi connectivity index (χ0) is 17.0. The maximum atomic E-state index is 12.4. The van der Waals surface area contributed by atoms with E-state index in [2.05, 4.69) is 0 Å². The molecule has 2 aromatic carbocycles. The first-order valence-corrected chi connectivity index (χ1v) is 7.86. The van der Waals surface area contributed by atoms with Crippen molar-refractivity contribution in [3.63, 3.8) is 0 Å². The lowest BCUT2D eigenvalue weighted by Crippen LogP contribution is -2.16. The summed E-state index contributed by atoms with van der Waals surface area (Å²) in [7, 11) is 0. The van der Waals surface area contributed by atoms with Crippen LogP contribution in [0.15, 0.2) is 48.5 Å². The predicted molar refractivity (Wildman–Crippen MR) is 90.8 cm³/mol. The number of esters is 2. The van der Waals surface area contributed by atoms with Gasteiger partial charge in [-0.05, 0) is 35.1 Å². The molecule has 0 heterocycles. The molecule has 0 aliphatic rings. The zero-order valence-electron chi connectivity index (χ0n) is 14.0. The molecule has 0 bridgehead atoms. The Kier molecular flexibility index (Phi) is 5.32. The van der Waals surface area contributed by atoms with Gasteiger partial charge in [0.2, 0.25) is 0 Å². The fourth-order valence-corrected chi connectivity index (χ4v) is 2.57. The van der Waals surface area contributed by atoms with Crippen molar-refractivity contribution >= 4 is 11.9 Å². The van der Waals surface area contributed by atoms with E-state index in [1.54, 1.807) is 24.3 Å². The minimum atomic E-state index is -0.599. The van der Waals surface area contributed by atoms with Crippen LogP contribution in [0, 0.1) is 0 Å². The van der Waals surface area contributed by atoms with E-state index in [4.69, 9.17) is 4.74 Å². The van der Waals surface area contributed by atoms with Crippen LogP contribution in [0.2, 0.25) is 0 Å². The van der Waals surface area contributed by atoms with Gasteiger partial charge in [0, 0.05) is 0 Å². The lowest BCUT2D eigenvalue weighted by molar-refractivity contribution is 0.0395. The molecule has 0 N–H and O–H groups in total. The van der Waals surface area contributed by atoms with E-state index in [1.165, 1.54) is 0 Å². The predicted octanol–water partition coefficient (Wildman–Crippen LogP) is 4.93. The molecule has 0 amide bonds. The van der Waals surface area contributed by atoms with Crippen LogP contribution in [-0.2, 0) is 4.74 Å². The van der Waals surface area contributed by atoms with Gasteiger partial charge in [-0.3, -0.25) is 0 Å². The smallest absolute Gasteiger partial charge is 0.346 e. The van der Waals surface area contributed by atoms with Crippen molar-refractivity contribution in [2.75, 3.05) is 0 Å². The molecule has 0 aliphatic carbocycles. The Bertz CT molecular complexity index is 653. The summed E-state index contributed by atoms with van der Waals surface area (Å²) in [6, 6.07) is 14.5. The normalized spacial score (nSPS) is 10.9. The molecule has 0 spiro atoms. The highest BCUT2D eigenvalue weighted by atomic mass is 16.6. The molecule has 0 aliphatic heterocycles. The quantitative estimate of drug-likeness (QED) is 0.594. The van der Waals surface area contributed by atoms with Crippen LogP contribution in [-0.4, -0.2) is 11.9 Å². The zero-order valence-corrected chi connectivity index (χ0v) is 14.0. The molecule has 23 heavy (non-hydrogen) atoms. The Morgan fingerprint density at radius 2 is 1.04 bits per heavy atom. The minimum Gasteiger partial charge on any atom is -0.386 e. The maximum Gasteiger partial charge on any atom is 0.346 e. The molecule has 0 unspecified atom stereocenters. The Morgan fingerprint density at radius 3 is 1.39 bits per heavy atom. The summed E-state index contributed by atoms with van der Waals surface area (Å²) in [6.45, 7) is 8.01. The number of carbonyl (C=O) groups excluding carboxylic acids is 2. The Morgan fingerprint density at radius 1 is 0.696 bits per heavy atom. The third kappa shape index (κ3) is 3.86. The van der Waals surface area contributed by atoms with Crippen LogP contribution in [0.5, 0.6) is 0 Å². The Labute approximate surface area is 137 Å². The highest BCUT2D eigenvalue weighted by molar-refractivity contribution is 6.04. The van der Waals surface area contributed by atoms with Crippen molar-refractivity contribution in [2.24, 2.45) is 0 Å². The highest BCUT2D eigenvalue weighted by Gasteiger charge is 2.21. The molecule has 3 heteroatoms. The topological polar surface area (TPSA) is 43.4 Å². The third-order valence-corrected chi connectivity index (χ3v) is 3.79. The maximum absolute atomic E-state index is 12.4. The minimum absolute atomic E-state index is 0.178. The fraction of sp³-hybridized carbons (Fsp3) is 0.300. The monoisotopic (exact) mass is 310 g/mol. The molecule has 0 fully saturated rings. The molecule has 2 rings (SSSR count). The SMILES string of the molecule is CC(C)c1ccccc1C(=O)OC(=O)c1ccccc1C(C)C. The molecule has 0 saturated heterocycles. The van der Waals surface area contributed by atoms with Gasteiger partial charge in [0.05, 0.1) is 11.1 Å². The number of carbonyl (C=O) groups is 2. The van der Waals surface area contributed by atoms with Crippen LogP contribution in [0.25, 0.3) is 0 Å². The van der Waals surface area contributed by atoms with Gasteiger partial charge in [-0.25, -0.2) is 9.59 Å². The van der Waals surface area contributed by atoms with Crippen LogP contribution < -0.4 is 0 Å². The molecule has 0 radical (unpaired) electrons. The number of benzene rings is 2. The summed E-state index contributed by atoms with van der Waals surface area (Å²) < 4.78 is 5.13. The first-order valence-electron chi connectivity index (χ1n) is 7.86. The average molecular weight is 310 g/mol. The number of hydrogen-bond acceptors (Lipinski definition) is 3. The summed E-state index contributed by atoms with van der Waals surface area (Å²) >= 11 is 0. The van der Waals surface area contributed by atoms with Crippen LogP contribution >= 0.6 is 0 Å². The summed E-state index contributed by atoms with van der Waals surface area (Å²) in [5.41, 5.74) is 2.64. The van der Waals surface area contributed by atoms with Gasteiger partial charge < -0.3 is 4.74 Å². The van der Waals surface area contributed by atoms with E-state index >= 15 is 0 Å². The lowest BCUT2D eigenvalue weighted by atomic mass is 9.96. The molecule has 2 aromatic rings. The molecule has 0 aromatic heterocycles. The van der Waals surface area contributed by atoms with E-state index in [0.717, 1.165) is 11.1 Å². The van der Waals surface area contributed by atoms with Gasteiger partial charge in [-0.15, -0.1) is 0 Å². The number of hydrogen-bond donors (Lipinski definition) is 0. The largest absolute Gasteiger partial charge is 0.386 e. The molecular weight excluding hydrogens is 288 g/mol. The first kappa shape index (κ1) is 16.9. The van der Waals surface area contributed by atoms with E-state index in [1.807, 2.05) is 52.0 Å². The first-order chi connectivity index (χ1) is 10.9. The molecule has 0 atom stereocenters. The molecule has 0 saturated carbocycles. The van der Waals surface area contributed by atoms with Crippen LogP contribution in [0.4, 0.5) is 0 Å². The van der Waals surface area contributed by atoms with Crippen molar-refractivity contribution < 1.29 is 14.3 Å². The highest BCUT2D eigenvalue weighted by Crippen LogP contribution is 2.22. The van der Waals surface area contributed by atoms with Gasteiger partial charge in [0.25, 0.3) is 0 Å². The summed E-state index contributed by atoms with van der Waals surface area (Å²) in [4.78, 5) is 24.8. The number of ether oxygens (including phenoxy) is 1. The van der Waals surface area contributed by atoms with Crippen LogP contribution in [0.3, 0.4) is 0 Å². The van der Waals surface area contributed by atoms with E-state index in [9.17, 15) is 9.59 Å². The molecule has 120 valence electrons. The van der Waals surface area contributed by atoms with Crippen molar-refractivity contribution in [2.45, 2.75) is 39.5 Å². The summed E-state index contributed by atoms with van der Waals surface area (Å²) in [5.74, 6) is -0.843. The number of rotatable bonds is 4. The van der Waals surface area contributed by atoms with Gasteiger partial charge in [0.1, 0.15) is 0 Å².